The van der Waals surface area contributed by atoms with Crippen LogP contribution in [0.5, 0.6) is 0 Å². The van der Waals surface area contributed by atoms with E-state index < -0.39 is 0 Å². The molecule has 2 bridgehead atoms. The van der Waals surface area contributed by atoms with E-state index in [1.165, 1.54) is 12.0 Å². The van der Waals surface area contributed by atoms with E-state index in [9.17, 15) is 9.59 Å². The number of amides is 2. The first-order chi connectivity index (χ1) is 12.1. The Morgan fingerprint density at radius 2 is 1.88 bits per heavy atom. The number of rotatable bonds is 3. The molecule has 1 aromatic rings. The van der Waals surface area contributed by atoms with E-state index in [0.717, 1.165) is 37.8 Å². The lowest BCUT2D eigenvalue weighted by Gasteiger charge is -2.43. The van der Waals surface area contributed by atoms with E-state index in [1.54, 1.807) is 4.90 Å². The Bertz CT molecular complexity index is 661. The highest BCUT2D eigenvalue weighted by Gasteiger charge is 2.40. The van der Waals surface area contributed by atoms with Gasteiger partial charge in [-0.1, -0.05) is 24.6 Å². The minimum absolute atomic E-state index is 0.0220. The molecule has 2 fully saturated rings. The second-order valence-corrected chi connectivity index (χ2v) is 7.84. The van der Waals surface area contributed by atoms with Crippen LogP contribution in [0.15, 0.2) is 24.3 Å². The molecule has 25 heavy (non-hydrogen) atoms. The lowest BCUT2D eigenvalue weighted by Crippen LogP contribution is -2.50. The van der Waals surface area contributed by atoms with E-state index in [1.807, 2.05) is 18.2 Å². The average Bonchev–Trinajstić information content (AvgIpc) is 3.03. The zero-order valence-electron chi connectivity index (χ0n) is 14.6. The third-order valence-electron chi connectivity index (χ3n) is 6.39. The second-order valence-electron chi connectivity index (χ2n) is 7.84. The van der Waals surface area contributed by atoms with E-state index >= 15 is 0 Å². The van der Waals surface area contributed by atoms with Crippen molar-refractivity contribution in [3.8, 4) is 0 Å². The predicted molar refractivity (Wildman–Crippen MR) is 97.0 cm³/mol. The summed E-state index contributed by atoms with van der Waals surface area (Å²) in [6.07, 6.45) is 6.17. The minimum Gasteiger partial charge on any atom is -0.347 e. The van der Waals surface area contributed by atoms with Crippen molar-refractivity contribution in [3.05, 3.63) is 29.8 Å². The van der Waals surface area contributed by atoms with Crippen LogP contribution in [0.3, 0.4) is 0 Å². The number of nitrogens with zero attached hydrogens (tertiary/aromatic N) is 1. The second kappa shape index (κ2) is 6.79. The summed E-state index contributed by atoms with van der Waals surface area (Å²) in [5, 5.41) is 2.89. The molecule has 0 aromatic heterocycles. The van der Waals surface area contributed by atoms with Gasteiger partial charge in [-0.25, -0.2) is 0 Å². The van der Waals surface area contributed by atoms with Crippen LogP contribution in [0.25, 0.3) is 0 Å². The lowest BCUT2D eigenvalue weighted by molar-refractivity contribution is -0.130. The number of hydrogen-bond acceptors (Lipinski definition) is 3. The first-order valence-electron chi connectivity index (χ1n) is 9.55. The van der Waals surface area contributed by atoms with Gasteiger partial charge in [0.05, 0.1) is 6.54 Å². The molecule has 2 unspecified atom stereocenters. The largest absolute Gasteiger partial charge is 0.347 e. The topological polar surface area (TPSA) is 75.4 Å². The van der Waals surface area contributed by atoms with Gasteiger partial charge < -0.3 is 16.0 Å². The summed E-state index contributed by atoms with van der Waals surface area (Å²) in [4.78, 5) is 26.9. The van der Waals surface area contributed by atoms with Crippen molar-refractivity contribution in [2.75, 3.05) is 18.0 Å². The lowest BCUT2D eigenvalue weighted by atomic mass is 9.65. The molecule has 1 heterocycles. The monoisotopic (exact) mass is 341 g/mol. The number of anilines is 1. The molecule has 3 aliphatic rings. The summed E-state index contributed by atoms with van der Waals surface area (Å²) in [5.74, 6) is 0.984. The highest BCUT2D eigenvalue weighted by molar-refractivity contribution is 5.98. The van der Waals surface area contributed by atoms with Gasteiger partial charge in [-0.3, -0.25) is 9.59 Å². The molecular weight excluding hydrogens is 314 g/mol. The zero-order valence-corrected chi connectivity index (χ0v) is 14.6. The number of nitrogens with two attached hydrogens (primary N) is 1. The maximum Gasteiger partial charge on any atom is 0.246 e. The van der Waals surface area contributed by atoms with Crippen LogP contribution in [-0.4, -0.2) is 30.9 Å². The van der Waals surface area contributed by atoms with Crippen molar-refractivity contribution in [2.24, 2.45) is 23.5 Å². The van der Waals surface area contributed by atoms with Gasteiger partial charge in [0.2, 0.25) is 11.8 Å². The zero-order chi connectivity index (χ0) is 17.4. The summed E-state index contributed by atoms with van der Waals surface area (Å²) in [5.41, 5.74) is 8.50. The minimum atomic E-state index is -0.0222. The fraction of sp³-hybridized carbons (Fsp3) is 0.600. The fourth-order valence-corrected chi connectivity index (χ4v) is 5.00. The van der Waals surface area contributed by atoms with Crippen molar-refractivity contribution in [3.63, 3.8) is 0 Å². The van der Waals surface area contributed by atoms with Crippen molar-refractivity contribution in [1.29, 1.82) is 0 Å². The van der Waals surface area contributed by atoms with E-state index in [4.69, 9.17) is 5.73 Å². The molecule has 3 N–H and O–H groups in total. The maximum atomic E-state index is 12.6. The normalized spacial score (nSPS) is 30.7. The van der Waals surface area contributed by atoms with Crippen LogP contribution in [0.1, 0.15) is 37.7 Å². The molecule has 0 saturated heterocycles. The Kier molecular flexibility index (Phi) is 4.50. The number of carbonyl (C=O) groups excluding carboxylic acids is 2. The van der Waals surface area contributed by atoms with Gasteiger partial charge in [-0.05, 0) is 55.6 Å². The SMILES string of the molecule is NC1C2CCCC1CC(C(=O)NCC(=O)N1CCc3ccccc31)C2. The van der Waals surface area contributed by atoms with Crippen LogP contribution in [0.4, 0.5) is 5.69 Å². The highest BCUT2D eigenvalue weighted by Crippen LogP contribution is 2.41. The van der Waals surface area contributed by atoms with E-state index in [0.29, 0.717) is 18.4 Å². The molecule has 1 aliphatic heterocycles. The molecule has 0 spiro atoms. The van der Waals surface area contributed by atoms with E-state index in [-0.39, 0.29) is 30.3 Å². The Morgan fingerprint density at radius 1 is 1.16 bits per heavy atom. The van der Waals surface area contributed by atoms with Crippen molar-refractivity contribution < 1.29 is 9.59 Å². The summed E-state index contributed by atoms with van der Waals surface area (Å²) in [6.45, 7) is 0.793. The van der Waals surface area contributed by atoms with E-state index in [2.05, 4.69) is 11.4 Å². The number of hydrogen-bond donors (Lipinski definition) is 2. The Labute approximate surface area is 148 Å². The fourth-order valence-electron chi connectivity index (χ4n) is 5.00. The van der Waals surface area contributed by atoms with Gasteiger partial charge in [0.25, 0.3) is 0 Å². The van der Waals surface area contributed by atoms with Crippen LogP contribution in [-0.2, 0) is 16.0 Å². The first kappa shape index (κ1) is 16.6. The average molecular weight is 341 g/mol. The number of nitrogens with one attached hydrogen (secondary N) is 1. The third-order valence-corrected chi connectivity index (χ3v) is 6.39. The maximum absolute atomic E-state index is 12.6. The first-order valence-corrected chi connectivity index (χ1v) is 9.55. The van der Waals surface area contributed by atoms with Crippen molar-refractivity contribution in [1.82, 2.24) is 5.32 Å². The Morgan fingerprint density at radius 3 is 2.64 bits per heavy atom. The summed E-state index contributed by atoms with van der Waals surface area (Å²) >= 11 is 0. The molecule has 2 aliphatic carbocycles. The molecule has 2 amide bonds. The smallest absolute Gasteiger partial charge is 0.246 e. The van der Waals surface area contributed by atoms with Crippen LogP contribution >= 0.6 is 0 Å². The molecule has 134 valence electrons. The summed E-state index contributed by atoms with van der Waals surface area (Å²) in [7, 11) is 0. The summed E-state index contributed by atoms with van der Waals surface area (Å²) in [6, 6.07) is 8.25. The number of benzene rings is 1. The quantitative estimate of drug-likeness (QED) is 0.881. The molecule has 4 rings (SSSR count). The predicted octanol–water partition coefficient (Wildman–Crippen LogP) is 1.85. The molecule has 5 heteroatoms. The van der Waals surface area contributed by atoms with Crippen LogP contribution in [0, 0.1) is 17.8 Å². The number of fused-ring (bicyclic) bond motifs is 3. The van der Waals surface area contributed by atoms with Crippen molar-refractivity contribution in [2.45, 2.75) is 44.6 Å². The van der Waals surface area contributed by atoms with Gasteiger partial charge in [-0.2, -0.15) is 0 Å². The standard InChI is InChI=1S/C20H27N3O2/c21-19-14-5-3-6-15(19)11-16(10-14)20(25)22-12-18(24)23-9-8-13-4-1-2-7-17(13)23/h1-2,4,7,14-16,19H,3,5-6,8-12,21H2,(H,22,25). The van der Waals surface area contributed by atoms with Gasteiger partial charge in [-0.15, -0.1) is 0 Å². The molecule has 1 aromatic carbocycles. The Hall–Kier alpha value is -1.88. The van der Waals surface area contributed by atoms with Gasteiger partial charge in [0, 0.05) is 24.2 Å². The van der Waals surface area contributed by atoms with Crippen LogP contribution < -0.4 is 16.0 Å². The number of para-hydroxylation sites is 1. The molecule has 5 nitrogen and oxygen atoms in total. The third kappa shape index (κ3) is 3.17. The van der Waals surface area contributed by atoms with Crippen LogP contribution in [0.2, 0.25) is 0 Å². The molecule has 2 atom stereocenters. The van der Waals surface area contributed by atoms with Gasteiger partial charge >= 0.3 is 0 Å². The molecule has 2 saturated carbocycles. The number of carbonyl (C=O) groups is 2. The summed E-state index contributed by atoms with van der Waals surface area (Å²) < 4.78 is 0. The highest BCUT2D eigenvalue weighted by atomic mass is 16.2. The van der Waals surface area contributed by atoms with Gasteiger partial charge in [0.1, 0.15) is 0 Å². The molecular formula is C20H27N3O2. The molecule has 0 radical (unpaired) electrons. The van der Waals surface area contributed by atoms with Crippen molar-refractivity contribution >= 4 is 17.5 Å². The Balaban J connectivity index is 1.33. The van der Waals surface area contributed by atoms with Gasteiger partial charge in [0.15, 0.2) is 0 Å².